The van der Waals surface area contributed by atoms with Gasteiger partial charge in [0.2, 0.25) is 0 Å². The number of pyridine rings is 1. The van der Waals surface area contributed by atoms with Gasteiger partial charge < -0.3 is 5.73 Å². The first-order valence-electron chi connectivity index (χ1n) is 5.42. The molecule has 1 fully saturated rings. The van der Waals surface area contributed by atoms with Crippen LogP contribution in [0.2, 0.25) is 0 Å². The maximum absolute atomic E-state index is 5.68. The fourth-order valence-corrected chi connectivity index (χ4v) is 3.51. The SMILES string of the molecule is CC1(Cc2ccnc(N)c2)CCC(Br)C1. The standard InChI is InChI=1S/C12H17BrN2/c1-12(4-2-10(13)8-12)7-9-3-5-15-11(14)6-9/h3,5-6,10H,2,4,7-8H2,1H3,(H2,14,15). The van der Waals surface area contributed by atoms with Gasteiger partial charge in [-0.3, -0.25) is 0 Å². The van der Waals surface area contributed by atoms with E-state index >= 15 is 0 Å². The Hall–Kier alpha value is -0.570. The molecule has 15 heavy (non-hydrogen) atoms. The quantitative estimate of drug-likeness (QED) is 0.837. The molecule has 0 saturated heterocycles. The van der Waals surface area contributed by atoms with Crippen molar-refractivity contribution in [2.24, 2.45) is 5.41 Å². The molecule has 0 bridgehead atoms. The third kappa shape index (κ3) is 2.71. The molecule has 1 aliphatic rings. The predicted octanol–water partition coefficient (Wildman–Crippen LogP) is 3.16. The van der Waals surface area contributed by atoms with E-state index in [1.165, 1.54) is 24.8 Å². The molecule has 1 saturated carbocycles. The molecule has 0 aliphatic heterocycles. The Labute approximate surface area is 99.4 Å². The number of nitrogens with zero attached hydrogens (tertiary/aromatic N) is 1. The maximum Gasteiger partial charge on any atom is 0.123 e. The number of nitrogen functional groups attached to an aromatic ring is 1. The van der Waals surface area contributed by atoms with Crippen molar-refractivity contribution in [3.63, 3.8) is 0 Å². The van der Waals surface area contributed by atoms with Gasteiger partial charge in [-0.25, -0.2) is 4.98 Å². The van der Waals surface area contributed by atoms with Crippen molar-refractivity contribution in [2.45, 2.75) is 37.4 Å². The lowest BCUT2D eigenvalue weighted by Crippen LogP contribution is -2.15. The zero-order valence-corrected chi connectivity index (χ0v) is 10.6. The fraction of sp³-hybridized carbons (Fsp3) is 0.583. The molecule has 2 rings (SSSR count). The van der Waals surface area contributed by atoms with Gasteiger partial charge in [-0.1, -0.05) is 22.9 Å². The zero-order chi connectivity index (χ0) is 10.9. The van der Waals surface area contributed by atoms with E-state index in [0.717, 1.165) is 6.42 Å². The molecule has 0 radical (unpaired) electrons. The summed E-state index contributed by atoms with van der Waals surface area (Å²) in [4.78, 5) is 4.72. The van der Waals surface area contributed by atoms with Crippen molar-refractivity contribution in [3.8, 4) is 0 Å². The lowest BCUT2D eigenvalue weighted by molar-refractivity contribution is 0.336. The van der Waals surface area contributed by atoms with Crippen LogP contribution in [0.5, 0.6) is 0 Å². The summed E-state index contributed by atoms with van der Waals surface area (Å²) < 4.78 is 0. The van der Waals surface area contributed by atoms with Gasteiger partial charge >= 0.3 is 0 Å². The lowest BCUT2D eigenvalue weighted by atomic mass is 9.82. The van der Waals surface area contributed by atoms with E-state index in [0.29, 0.717) is 16.1 Å². The Kier molecular flexibility index (Phi) is 3.01. The number of anilines is 1. The second-order valence-corrected chi connectivity index (χ2v) is 6.21. The molecule has 0 amide bonds. The number of hydrogen-bond donors (Lipinski definition) is 1. The molecule has 0 aromatic carbocycles. The van der Waals surface area contributed by atoms with Gasteiger partial charge in [-0.2, -0.15) is 0 Å². The summed E-state index contributed by atoms with van der Waals surface area (Å²) in [5.41, 5.74) is 7.43. The molecule has 2 atom stereocenters. The summed E-state index contributed by atoms with van der Waals surface area (Å²) in [5.74, 6) is 0.629. The second kappa shape index (κ2) is 4.12. The van der Waals surface area contributed by atoms with E-state index in [1.807, 2.05) is 6.07 Å². The molecule has 0 spiro atoms. The molecule has 1 aromatic heterocycles. The van der Waals surface area contributed by atoms with Crippen LogP contribution in [0.1, 0.15) is 31.7 Å². The van der Waals surface area contributed by atoms with Crippen LogP contribution in [0.3, 0.4) is 0 Å². The van der Waals surface area contributed by atoms with Gasteiger partial charge in [-0.15, -0.1) is 0 Å². The lowest BCUT2D eigenvalue weighted by Gasteiger charge is -2.23. The summed E-state index contributed by atoms with van der Waals surface area (Å²) in [6, 6.07) is 4.07. The fourth-order valence-electron chi connectivity index (χ4n) is 2.50. The largest absolute Gasteiger partial charge is 0.384 e. The molecule has 1 aromatic rings. The Balaban J connectivity index is 2.08. The van der Waals surface area contributed by atoms with Crippen LogP contribution in [0.4, 0.5) is 5.82 Å². The maximum atomic E-state index is 5.68. The third-order valence-electron chi connectivity index (χ3n) is 3.25. The van der Waals surface area contributed by atoms with Crippen LogP contribution < -0.4 is 5.73 Å². The Morgan fingerprint density at radius 3 is 3.07 bits per heavy atom. The van der Waals surface area contributed by atoms with E-state index in [2.05, 4.69) is 33.9 Å². The van der Waals surface area contributed by atoms with Crippen LogP contribution in [0.25, 0.3) is 0 Å². The van der Waals surface area contributed by atoms with Gasteiger partial charge in [0.25, 0.3) is 0 Å². The normalized spacial score (nSPS) is 30.7. The minimum Gasteiger partial charge on any atom is -0.384 e. The van der Waals surface area contributed by atoms with Gasteiger partial charge in [0.1, 0.15) is 5.82 Å². The van der Waals surface area contributed by atoms with Crippen molar-refractivity contribution < 1.29 is 0 Å². The highest BCUT2D eigenvalue weighted by Crippen LogP contribution is 2.43. The Morgan fingerprint density at radius 1 is 1.67 bits per heavy atom. The van der Waals surface area contributed by atoms with Gasteiger partial charge in [0.15, 0.2) is 0 Å². The third-order valence-corrected chi connectivity index (χ3v) is 4.03. The van der Waals surface area contributed by atoms with E-state index in [-0.39, 0.29) is 0 Å². The number of alkyl halides is 1. The van der Waals surface area contributed by atoms with Crippen LogP contribution >= 0.6 is 15.9 Å². The van der Waals surface area contributed by atoms with Gasteiger partial charge in [-0.05, 0) is 48.8 Å². The molecule has 1 aliphatic carbocycles. The van der Waals surface area contributed by atoms with E-state index < -0.39 is 0 Å². The molecule has 82 valence electrons. The van der Waals surface area contributed by atoms with E-state index in [9.17, 15) is 0 Å². The summed E-state index contributed by atoms with van der Waals surface area (Å²) in [7, 11) is 0. The average molecular weight is 269 g/mol. The van der Waals surface area contributed by atoms with Crippen molar-refractivity contribution in [1.82, 2.24) is 4.98 Å². The molecule has 2 unspecified atom stereocenters. The van der Waals surface area contributed by atoms with Gasteiger partial charge in [0.05, 0.1) is 0 Å². The monoisotopic (exact) mass is 268 g/mol. The molecule has 2 nitrogen and oxygen atoms in total. The number of nitrogens with two attached hydrogens (primary N) is 1. The topological polar surface area (TPSA) is 38.9 Å². The number of hydrogen-bond acceptors (Lipinski definition) is 2. The first-order valence-corrected chi connectivity index (χ1v) is 6.33. The van der Waals surface area contributed by atoms with Gasteiger partial charge in [0, 0.05) is 11.0 Å². The highest BCUT2D eigenvalue weighted by molar-refractivity contribution is 9.09. The van der Waals surface area contributed by atoms with Crippen LogP contribution in [0, 0.1) is 5.41 Å². The number of aromatic nitrogens is 1. The molecular weight excluding hydrogens is 252 g/mol. The highest BCUT2D eigenvalue weighted by atomic mass is 79.9. The Morgan fingerprint density at radius 2 is 2.47 bits per heavy atom. The zero-order valence-electron chi connectivity index (χ0n) is 9.04. The smallest absolute Gasteiger partial charge is 0.123 e. The van der Waals surface area contributed by atoms with Crippen LogP contribution in [-0.4, -0.2) is 9.81 Å². The summed E-state index contributed by atoms with van der Waals surface area (Å²) in [6.07, 6.45) is 6.76. The molecule has 1 heterocycles. The molecular formula is C12H17BrN2. The summed E-state index contributed by atoms with van der Waals surface area (Å²) in [5, 5.41) is 0. The highest BCUT2D eigenvalue weighted by Gasteiger charge is 2.33. The number of rotatable bonds is 2. The molecule has 2 N–H and O–H groups in total. The minimum absolute atomic E-state index is 0.432. The second-order valence-electron chi connectivity index (χ2n) is 4.92. The van der Waals surface area contributed by atoms with Crippen molar-refractivity contribution in [2.75, 3.05) is 5.73 Å². The first-order chi connectivity index (χ1) is 7.07. The molecule has 3 heteroatoms. The van der Waals surface area contributed by atoms with Crippen LogP contribution in [-0.2, 0) is 6.42 Å². The predicted molar refractivity (Wildman–Crippen MR) is 67.0 cm³/mol. The van der Waals surface area contributed by atoms with Crippen LogP contribution in [0.15, 0.2) is 18.3 Å². The van der Waals surface area contributed by atoms with E-state index in [1.54, 1.807) is 6.20 Å². The van der Waals surface area contributed by atoms with Crippen molar-refractivity contribution >= 4 is 21.7 Å². The van der Waals surface area contributed by atoms with Crippen molar-refractivity contribution in [1.29, 1.82) is 0 Å². The van der Waals surface area contributed by atoms with E-state index in [4.69, 9.17) is 5.73 Å². The average Bonchev–Trinajstić information content (AvgIpc) is 2.45. The Bertz CT molecular complexity index is 353. The summed E-state index contributed by atoms with van der Waals surface area (Å²) >= 11 is 3.70. The van der Waals surface area contributed by atoms with Crippen molar-refractivity contribution in [3.05, 3.63) is 23.9 Å². The minimum atomic E-state index is 0.432. The first kappa shape index (κ1) is 10.9. The number of halogens is 1. The summed E-state index contributed by atoms with van der Waals surface area (Å²) in [6.45, 7) is 2.37.